The molecule has 1 rings (SSSR count). The molecule has 0 spiro atoms. The van der Waals surface area contributed by atoms with Crippen molar-refractivity contribution in [2.75, 3.05) is 19.8 Å². The van der Waals surface area contributed by atoms with E-state index in [-0.39, 0.29) is 19.8 Å². The smallest absolute Gasteiger partial charge is 0.396 e. The van der Waals surface area contributed by atoms with E-state index in [1.165, 1.54) is 0 Å². The summed E-state index contributed by atoms with van der Waals surface area (Å²) in [6, 6.07) is 6.65. The second-order valence-corrected chi connectivity index (χ2v) is 4.89. The first-order valence-electron chi connectivity index (χ1n) is 7.68. The van der Waals surface area contributed by atoms with Gasteiger partial charge in [0.1, 0.15) is 5.75 Å². The fourth-order valence-corrected chi connectivity index (χ4v) is 1.99. The number of ether oxygens (including phenoxy) is 5. The van der Waals surface area contributed by atoms with Crippen molar-refractivity contribution in [2.45, 2.75) is 33.0 Å². The minimum atomic E-state index is -1.86. The Kier molecular flexibility index (Phi) is 8.78. The van der Waals surface area contributed by atoms with Gasteiger partial charge in [-0.3, -0.25) is 0 Å². The lowest BCUT2D eigenvalue weighted by Gasteiger charge is -2.36. The molecule has 0 aromatic heterocycles. The van der Waals surface area contributed by atoms with Gasteiger partial charge in [0.2, 0.25) is 0 Å². The first-order chi connectivity index (χ1) is 11.5. The van der Waals surface area contributed by atoms with Gasteiger partial charge in [0.05, 0.1) is 13.2 Å². The quantitative estimate of drug-likeness (QED) is 0.342. The van der Waals surface area contributed by atoms with Gasteiger partial charge in [-0.25, -0.2) is 4.79 Å². The molecule has 1 unspecified atom stereocenters. The summed E-state index contributed by atoms with van der Waals surface area (Å²) in [5, 5.41) is 0.564. The van der Waals surface area contributed by atoms with E-state index in [1.807, 2.05) is 0 Å². The van der Waals surface area contributed by atoms with E-state index in [4.69, 9.17) is 35.3 Å². The van der Waals surface area contributed by atoms with Gasteiger partial charge in [-0.1, -0.05) is 18.2 Å². The van der Waals surface area contributed by atoms with E-state index >= 15 is 0 Å². The molecular weight excluding hydrogens is 336 g/mol. The summed E-state index contributed by atoms with van der Waals surface area (Å²) in [4.78, 5) is 11.8. The SMILES string of the molecule is C=CC(=O)OC(OCC)(OCC)C(OCC)Oc1ccc(Cl)cc1. The van der Waals surface area contributed by atoms with Gasteiger partial charge in [0.15, 0.2) is 0 Å². The number of hydrogen-bond acceptors (Lipinski definition) is 6. The minimum absolute atomic E-state index is 0.206. The lowest BCUT2D eigenvalue weighted by Crippen LogP contribution is -2.55. The first-order valence-corrected chi connectivity index (χ1v) is 8.06. The maximum Gasteiger partial charge on any atom is 0.396 e. The van der Waals surface area contributed by atoms with Gasteiger partial charge in [0.25, 0.3) is 6.29 Å². The predicted octanol–water partition coefficient (Wildman–Crippen LogP) is 3.54. The molecule has 1 atom stereocenters. The molecule has 6 nitrogen and oxygen atoms in total. The lowest BCUT2D eigenvalue weighted by molar-refractivity contribution is -0.426. The highest BCUT2D eigenvalue weighted by atomic mass is 35.5. The van der Waals surface area contributed by atoms with Gasteiger partial charge in [-0.05, 0) is 45.0 Å². The van der Waals surface area contributed by atoms with Crippen LogP contribution >= 0.6 is 11.6 Å². The summed E-state index contributed by atoms with van der Waals surface area (Å²) in [6.07, 6.45) is -0.134. The highest BCUT2D eigenvalue weighted by Gasteiger charge is 2.48. The van der Waals surface area contributed by atoms with Crippen LogP contribution in [0, 0.1) is 0 Å². The summed E-state index contributed by atoms with van der Waals surface area (Å²) in [5.74, 6) is -2.12. The minimum Gasteiger partial charge on any atom is -0.455 e. The monoisotopic (exact) mass is 358 g/mol. The molecule has 0 amide bonds. The fraction of sp³-hybridized carbons (Fsp3) is 0.471. The van der Waals surface area contributed by atoms with E-state index < -0.39 is 18.2 Å². The van der Waals surface area contributed by atoms with Crippen LogP contribution in [0.2, 0.25) is 5.02 Å². The molecule has 0 aliphatic heterocycles. The normalized spacial score (nSPS) is 12.5. The lowest BCUT2D eigenvalue weighted by atomic mass is 10.3. The number of halogens is 1. The predicted molar refractivity (Wildman–Crippen MR) is 89.8 cm³/mol. The largest absolute Gasteiger partial charge is 0.455 e. The molecular formula is C17H23ClO6. The summed E-state index contributed by atoms with van der Waals surface area (Å²) < 4.78 is 27.8. The molecule has 1 aromatic carbocycles. The van der Waals surface area contributed by atoms with Gasteiger partial charge in [-0.2, -0.15) is 0 Å². The van der Waals surface area contributed by atoms with E-state index in [9.17, 15) is 4.79 Å². The van der Waals surface area contributed by atoms with Crippen molar-refractivity contribution >= 4 is 17.6 Å². The van der Waals surface area contributed by atoms with Gasteiger partial charge in [0, 0.05) is 17.7 Å². The Hall–Kier alpha value is -1.60. The number of hydrogen-bond donors (Lipinski definition) is 0. The molecule has 0 heterocycles. The van der Waals surface area contributed by atoms with Crippen molar-refractivity contribution in [2.24, 2.45) is 0 Å². The molecule has 0 saturated carbocycles. The molecule has 0 N–H and O–H groups in total. The zero-order valence-corrected chi connectivity index (χ0v) is 14.9. The Bertz CT molecular complexity index is 510. The van der Waals surface area contributed by atoms with Crippen LogP contribution in [0.15, 0.2) is 36.9 Å². The third-order valence-corrected chi connectivity index (χ3v) is 3.02. The second-order valence-electron chi connectivity index (χ2n) is 4.45. The van der Waals surface area contributed by atoms with Crippen LogP contribution in [0.3, 0.4) is 0 Å². The van der Waals surface area contributed by atoms with Crippen LogP contribution in [0.25, 0.3) is 0 Å². The van der Waals surface area contributed by atoms with E-state index in [0.717, 1.165) is 6.08 Å². The van der Waals surface area contributed by atoms with Crippen molar-refractivity contribution < 1.29 is 28.5 Å². The average molecular weight is 359 g/mol. The topological polar surface area (TPSA) is 63.2 Å². The van der Waals surface area contributed by atoms with Crippen molar-refractivity contribution in [3.05, 3.63) is 41.9 Å². The molecule has 134 valence electrons. The fourth-order valence-electron chi connectivity index (χ4n) is 1.87. The Balaban J connectivity index is 3.14. The number of carbonyl (C=O) groups is 1. The standard InChI is InChI=1S/C17H23ClO6/c1-5-15(19)24-17(21-7-3,22-8-4)16(20-6-2)23-14-11-9-13(18)10-12-14/h5,9-12,16H,1,6-8H2,2-4H3. The van der Waals surface area contributed by atoms with E-state index in [2.05, 4.69) is 6.58 Å². The zero-order chi connectivity index (χ0) is 18.0. The third kappa shape index (κ3) is 5.79. The molecule has 0 fully saturated rings. The molecule has 0 radical (unpaired) electrons. The van der Waals surface area contributed by atoms with Crippen LogP contribution in [0.5, 0.6) is 5.75 Å². The molecule has 0 aliphatic carbocycles. The van der Waals surface area contributed by atoms with Crippen LogP contribution in [0.4, 0.5) is 0 Å². The maximum absolute atomic E-state index is 11.8. The Morgan fingerprint density at radius 1 is 1.17 bits per heavy atom. The number of esters is 1. The second kappa shape index (κ2) is 10.3. The maximum atomic E-state index is 11.8. The van der Waals surface area contributed by atoms with Gasteiger partial charge < -0.3 is 23.7 Å². The molecule has 0 saturated heterocycles. The number of benzene rings is 1. The molecule has 0 aliphatic rings. The van der Waals surface area contributed by atoms with Crippen LogP contribution in [-0.4, -0.2) is 38.1 Å². The molecule has 24 heavy (non-hydrogen) atoms. The van der Waals surface area contributed by atoms with Crippen LogP contribution in [0.1, 0.15) is 20.8 Å². The zero-order valence-electron chi connectivity index (χ0n) is 14.1. The van der Waals surface area contributed by atoms with Crippen molar-refractivity contribution in [1.82, 2.24) is 0 Å². The molecule has 0 bridgehead atoms. The van der Waals surface area contributed by atoms with Crippen molar-refractivity contribution in [3.63, 3.8) is 0 Å². The molecule has 7 heteroatoms. The highest BCUT2D eigenvalue weighted by molar-refractivity contribution is 6.30. The Morgan fingerprint density at radius 2 is 1.75 bits per heavy atom. The highest BCUT2D eigenvalue weighted by Crippen LogP contribution is 2.27. The first kappa shape index (κ1) is 20.4. The molecule has 1 aromatic rings. The summed E-state index contributed by atoms with van der Waals surface area (Å²) in [7, 11) is 0. The Morgan fingerprint density at radius 3 is 2.21 bits per heavy atom. The Labute approximate surface area is 147 Å². The third-order valence-electron chi connectivity index (χ3n) is 2.76. The van der Waals surface area contributed by atoms with E-state index in [0.29, 0.717) is 10.8 Å². The number of carbonyl (C=O) groups excluding carboxylic acids is 1. The van der Waals surface area contributed by atoms with Crippen molar-refractivity contribution in [1.29, 1.82) is 0 Å². The summed E-state index contributed by atoms with van der Waals surface area (Å²) in [6.45, 7) is 9.33. The van der Waals surface area contributed by atoms with Gasteiger partial charge in [-0.15, -0.1) is 0 Å². The van der Waals surface area contributed by atoms with E-state index in [1.54, 1.807) is 45.0 Å². The summed E-state index contributed by atoms with van der Waals surface area (Å²) >= 11 is 5.87. The van der Waals surface area contributed by atoms with Crippen molar-refractivity contribution in [3.8, 4) is 5.75 Å². The average Bonchev–Trinajstić information content (AvgIpc) is 2.56. The number of rotatable bonds is 11. The van der Waals surface area contributed by atoms with Crippen LogP contribution in [-0.2, 0) is 23.7 Å². The van der Waals surface area contributed by atoms with Gasteiger partial charge >= 0.3 is 11.9 Å². The summed E-state index contributed by atoms with van der Waals surface area (Å²) in [5.41, 5.74) is 0. The van der Waals surface area contributed by atoms with Crippen LogP contribution < -0.4 is 4.74 Å².